The quantitative estimate of drug-likeness (QED) is 0.745. The number of rotatable bonds is 6. The summed E-state index contributed by atoms with van der Waals surface area (Å²) in [6.45, 7) is 5.45. The first-order chi connectivity index (χ1) is 11.5. The molecule has 0 radical (unpaired) electrons. The molecule has 3 aromatic heterocycles. The molecule has 3 aromatic rings. The van der Waals surface area contributed by atoms with Crippen LogP contribution in [0.4, 0.5) is 5.95 Å². The predicted octanol–water partition coefficient (Wildman–Crippen LogP) is 2.98. The van der Waals surface area contributed by atoms with E-state index in [-0.39, 0.29) is 0 Å². The van der Waals surface area contributed by atoms with Gasteiger partial charge in [0.15, 0.2) is 5.76 Å². The topological polar surface area (TPSA) is 80.2 Å². The van der Waals surface area contributed by atoms with E-state index in [9.17, 15) is 0 Å². The van der Waals surface area contributed by atoms with Crippen LogP contribution in [0.25, 0.3) is 22.6 Å². The Kier molecular flexibility index (Phi) is 4.61. The van der Waals surface area contributed by atoms with Crippen LogP contribution in [0.15, 0.2) is 33.5 Å². The average Bonchev–Trinajstić information content (AvgIpc) is 3.15. The molecule has 126 valence electrons. The maximum atomic E-state index is 5.43. The van der Waals surface area contributed by atoms with Gasteiger partial charge < -0.3 is 19.2 Å². The number of nitrogens with one attached hydrogen (secondary N) is 1. The summed E-state index contributed by atoms with van der Waals surface area (Å²) in [5, 5.41) is 7.20. The van der Waals surface area contributed by atoms with Crippen molar-refractivity contribution >= 4 is 5.95 Å². The lowest BCUT2D eigenvalue weighted by molar-refractivity contribution is 0.424. The molecule has 0 amide bonds. The van der Waals surface area contributed by atoms with Crippen LogP contribution < -0.4 is 5.32 Å². The fraction of sp³-hybridized carbons (Fsp3) is 0.353. The van der Waals surface area contributed by atoms with Gasteiger partial charge in [-0.15, -0.1) is 0 Å². The summed E-state index contributed by atoms with van der Waals surface area (Å²) in [5.74, 6) is 2.01. The first-order valence-electron chi connectivity index (χ1n) is 7.78. The Bertz CT molecular complexity index is 822. The highest BCUT2D eigenvalue weighted by atomic mass is 16.5. The number of anilines is 1. The lowest BCUT2D eigenvalue weighted by atomic mass is 10.1. The van der Waals surface area contributed by atoms with E-state index in [0.29, 0.717) is 11.7 Å². The van der Waals surface area contributed by atoms with Gasteiger partial charge in [-0.3, -0.25) is 0 Å². The van der Waals surface area contributed by atoms with Gasteiger partial charge in [0.05, 0.1) is 23.2 Å². The largest absolute Gasteiger partial charge is 0.469 e. The number of nitrogens with zero attached hydrogens (tertiary/aromatic N) is 4. The normalized spacial score (nSPS) is 11.2. The minimum Gasteiger partial charge on any atom is -0.469 e. The van der Waals surface area contributed by atoms with Crippen LogP contribution in [-0.2, 0) is 0 Å². The molecule has 0 aromatic carbocycles. The molecule has 0 saturated heterocycles. The number of hydrogen-bond donors (Lipinski definition) is 1. The van der Waals surface area contributed by atoms with E-state index in [1.165, 1.54) is 0 Å². The van der Waals surface area contributed by atoms with E-state index in [1.807, 2.05) is 40.1 Å². The zero-order valence-electron chi connectivity index (χ0n) is 14.3. The Labute approximate surface area is 140 Å². The third-order valence-corrected chi connectivity index (χ3v) is 3.64. The summed E-state index contributed by atoms with van der Waals surface area (Å²) in [5.41, 5.74) is 3.28. The summed E-state index contributed by atoms with van der Waals surface area (Å²) in [6.07, 6.45) is 3.41. The minimum absolute atomic E-state index is 0.576. The van der Waals surface area contributed by atoms with Crippen molar-refractivity contribution in [2.75, 3.05) is 32.5 Å². The highest BCUT2D eigenvalue weighted by Crippen LogP contribution is 2.33. The highest BCUT2D eigenvalue weighted by Gasteiger charge is 2.18. The van der Waals surface area contributed by atoms with Crippen molar-refractivity contribution in [1.29, 1.82) is 0 Å². The third-order valence-electron chi connectivity index (χ3n) is 3.64. The van der Waals surface area contributed by atoms with E-state index in [4.69, 9.17) is 8.94 Å². The van der Waals surface area contributed by atoms with Gasteiger partial charge in [0, 0.05) is 30.9 Å². The molecule has 0 aliphatic heterocycles. The van der Waals surface area contributed by atoms with Gasteiger partial charge in [0.1, 0.15) is 5.76 Å². The third kappa shape index (κ3) is 3.46. The SMILES string of the molecule is Cc1cc(-c2cnc(NCCN(C)C)nc2-c2ccoc2C)on1. The molecule has 3 heterocycles. The number of aryl methyl sites for hydroxylation is 2. The molecule has 24 heavy (non-hydrogen) atoms. The van der Waals surface area contributed by atoms with E-state index in [2.05, 4.69) is 25.3 Å². The fourth-order valence-electron chi connectivity index (χ4n) is 2.37. The van der Waals surface area contributed by atoms with E-state index in [1.54, 1.807) is 12.5 Å². The first-order valence-corrected chi connectivity index (χ1v) is 7.78. The molecule has 0 unspecified atom stereocenters. The Morgan fingerprint density at radius 3 is 2.67 bits per heavy atom. The van der Waals surface area contributed by atoms with Gasteiger partial charge in [-0.2, -0.15) is 0 Å². The van der Waals surface area contributed by atoms with Crippen molar-refractivity contribution in [3.63, 3.8) is 0 Å². The summed E-state index contributed by atoms with van der Waals surface area (Å²) >= 11 is 0. The highest BCUT2D eigenvalue weighted by molar-refractivity contribution is 5.79. The average molecular weight is 327 g/mol. The first kappa shape index (κ1) is 16.2. The molecule has 0 saturated carbocycles. The Balaban J connectivity index is 1.98. The van der Waals surface area contributed by atoms with Gasteiger partial charge in [0.2, 0.25) is 5.95 Å². The molecule has 0 spiro atoms. The summed E-state index contributed by atoms with van der Waals surface area (Å²) in [6, 6.07) is 3.77. The minimum atomic E-state index is 0.576. The smallest absolute Gasteiger partial charge is 0.223 e. The van der Waals surface area contributed by atoms with Crippen molar-refractivity contribution in [2.24, 2.45) is 0 Å². The Hall–Kier alpha value is -2.67. The lowest BCUT2D eigenvalue weighted by Crippen LogP contribution is -2.21. The van der Waals surface area contributed by atoms with Crippen molar-refractivity contribution in [3.8, 4) is 22.6 Å². The molecular weight excluding hydrogens is 306 g/mol. The Morgan fingerprint density at radius 2 is 2.04 bits per heavy atom. The van der Waals surface area contributed by atoms with Crippen LogP contribution in [0.2, 0.25) is 0 Å². The van der Waals surface area contributed by atoms with Crippen molar-refractivity contribution in [3.05, 3.63) is 36.0 Å². The number of furan rings is 1. The van der Waals surface area contributed by atoms with E-state index < -0.39 is 0 Å². The van der Waals surface area contributed by atoms with E-state index >= 15 is 0 Å². The molecule has 0 aliphatic rings. The molecule has 7 nitrogen and oxygen atoms in total. The van der Waals surface area contributed by atoms with Gasteiger partial charge in [-0.05, 0) is 34.0 Å². The van der Waals surface area contributed by atoms with Crippen LogP contribution in [0.3, 0.4) is 0 Å². The maximum absolute atomic E-state index is 5.43. The van der Waals surface area contributed by atoms with Gasteiger partial charge in [-0.25, -0.2) is 9.97 Å². The zero-order chi connectivity index (χ0) is 17.1. The molecule has 3 rings (SSSR count). The van der Waals surface area contributed by atoms with E-state index in [0.717, 1.165) is 41.4 Å². The van der Waals surface area contributed by atoms with Crippen LogP contribution in [0, 0.1) is 13.8 Å². The van der Waals surface area contributed by atoms with Crippen LogP contribution in [0.1, 0.15) is 11.5 Å². The number of likely N-dealkylation sites (N-methyl/N-ethyl adjacent to an activating group) is 1. The van der Waals surface area contributed by atoms with Crippen molar-refractivity contribution in [2.45, 2.75) is 13.8 Å². The molecule has 0 atom stereocenters. The Morgan fingerprint density at radius 1 is 1.21 bits per heavy atom. The second kappa shape index (κ2) is 6.84. The van der Waals surface area contributed by atoms with Gasteiger partial charge in [0.25, 0.3) is 0 Å². The standard InChI is InChI=1S/C17H21N5O2/c1-11-9-15(24-21-11)14-10-19-17(18-6-7-22(3)4)20-16(14)13-5-8-23-12(13)2/h5,8-10H,6-7H2,1-4H3,(H,18,19,20). The predicted molar refractivity (Wildman–Crippen MR) is 91.7 cm³/mol. The van der Waals surface area contributed by atoms with Gasteiger partial charge in [-0.1, -0.05) is 5.16 Å². The summed E-state index contributed by atoms with van der Waals surface area (Å²) < 4.78 is 10.8. The molecule has 0 bridgehead atoms. The molecule has 0 fully saturated rings. The fourth-order valence-corrected chi connectivity index (χ4v) is 2.37. The van der Waals surface area contributed by atoms with Crippen LogP contribution in [-0.4, -0.2) is 47.2 Å². The van der Waals surface area contributed by atoms with Crippen LogP contribution >= 0.6 is 0 Å². The zero-order valence-corrected chi connectivity index (χ0v) is 14.3. The molecular formula is C17H21N5O2. The second-order valence-corrected chi connectivity index (χ2v) is 5.91. The van der Waals surface area contributed by atoms with Crippen LogP contribution in [0.5, 0.6) is 0 Å². The molecule has 0 aliphatic carbocycles. The maximum Gasteiger partial charge on any atom is 0.223 e. The molecule has 1 N–H and O–H groups in total. The summed E-state index contributed by atoms with van der Waals surface area (Å²) in [7, 11) is 4.05. The lowest BCUT2D eigenvalue weighted by Gasteiger charge is -2.12. The van der Waals surface area contributed by atoms with Gasteiger partial charge >= 0.3 is 0 Å². The van der Waals surface area contributed by atoms with Crippen molar-refractivity contribution in [1.82, 2.24) is 20.0 Å². The second-order valence-electron chi connectivity index (χ2n) is 5.91. The number of aromatic nitrogens is 3. The summed E-state index contributed by atoms with van der Waals surface area (Å²) in [4.78, 5) is 11.2. The monoisotopic (exact) mass is 327 g/mol. The number of hydrogen-bond acceptors (Lipinski definition) is 7. The van der Waals surface area contributed by atoms with Crippen molar-refractivity contribution < 1.29 is 8.94 Å². The molecule has 7 heteroatoms.